The topological polar surface area (TPSA) is 54.5 Å². The maximum absolute atomic E-state index is 12.2. The Balaban J connectivity index is 1.95. The second kappa shape index (κ2) is 7.26. The van der Waals surface area contributed by atoms with E-state index >= 15 is 0 Å². The van der Waals surface area contributed by atoms with Crippen molar-refractivity contribution < 1.29 is 9.53 Å². The summed E-state index contributed by atoms with van der Waals surface area (Å²) in [6.45, 7) is 4.64. The molecule has 0 bridgehead atoms. The molecule has 0 radical (unpaired) electrons. The molecule has 1 unspecified atom stereocenters. The molecular weight excluding hydrogens is 298 g/mol. The summed E-state index contributed by atoms with van der Waals surface area (Å²) in [5, 5.41) is 5.89. The largest absolute Gasteiger partial charge is 0.496 e. The van der Waals surface area contributed by atoms with Crippen LogP contribution in [0.15, 0.2) is 29.8 Å². The monoisotopic (exact) mass is 319 g/mol. The number of likely N-dealkylation sites (N-methyl/N-ethyl adjacent to an activating group) is 1. The number of hydrogen-bond donors (Lipinski definition) is 1. The van der Waals surface area contributed by atoms with Gasteiger partial charge in [0.15, 0.2) is 0 Å². The molecule has 2 amide bonds. The van der Waals surface area contributed by atoms with E-state index < -0.39 is 0 Å². The van der Waals surface area contributed by atoms with E-state index in [0.29, 0.717) is 6.54 Å². The highest BCUT2D eigenvalue weighted by atomic mass is 32.1. The molecule has 0 saturated carbocycles. The van der Waals surface area contributed by atoms with Crippen LogP contribution in [0.1, 0.15) is 23.4 Å². The number of carbonyl (C=O) groups excluding carboxylic acids is 1. The molecule has 1 heterocycles. The highest BCUT2D eigenvalue weighted by Crippen LogP contribution is 2.22. The highest BCUT2D eigenvalue weighted by molar-refractivity contribution is 7.09. The van der Waals surface area contributed by atoms with Gasteiger partial charge in [0, 0.05) is 36.8 Å². The minimum Gasteiger partial charge on any atom is -0.496 e. The van der Waals surface area contributed by atoms with Crippen molar-refractivity contribution >= 4 is 23.1 Å². The zero-order valence-corrected chi connectivity index (χ0v) is 14.1. The Labute approximate surface area is 134 Å². The molecule has 22 heavy (non-hydrogen) atoms. The summed E-state index contributed by atoms with van der Waals surface area (Å²) in [4.78, 5) is 18.2. The zero-order valence-electron chi connectivity index (χ0n) is 13.3. The Kier molecular flexibility index (Phi) is 5.38. The van der Waals surface area contributed by atoms with Crippen LogP contribution >= 0.6 is 11.3 Å². The average molecular weight is 319 g/mol. The second-order valence-electron chi connectivity index (χ2n) is 5.27. The van der Waals surface area contributed by atoms with Gasteiger partial charge in [0.05, 0.1) is 12.1 Å². The van der Waals surface area contributed by atoms with Crippen molar-refractivity contribution in [3.63, 3.8) is 0 Å². The number of thiazole rings is 1. The predicted octanol–water partition coefficient (Wildman–Crippen LogP) is 3.73. The van der Waals surface area contributed by atoms with Crippen molar-refractivity contribution in [1.29, 1.82) is 0 Å². The fraction of sp³-hybridized carbons (Fsp3) is 0.375. The van der Waals surface area contributed by atoms with Gasteiger partial charge in [-0.05, 0) is 30.7 Å². The summed E-state index contributed by atoms with van der Waals surface area (Å²) < 4.78 is 5.22. The quantitative estimate of drug-likeness (QED) is 0.913. The van der Waals surface area contributed by atoms with Crippen LogP contribution in [0.4, 0.5) is 10.5 Å². The number of nitrogens with one attached hydrogen (secondary N) is 1. The number of aromatic nitrogens is 1. The number of aryl methyl sites for hydroxylation is 1. The average Bonchev–Trinajstić information content (AvgIpc) is 3.01. The molecule has 0 aliphatic rings. The lowest BCUT2D eigenvalue weighted by Gasteiger charge is -2.21. The van der Waals surface area contributed by atoms with E-state index in [9.17, 15) is 4.79 Å². The lowest BCUT2D eigenvalue weighted by molar-refractivity contribution is 0.220. The van der Waals surface area contributed by atoms with Crippen molar-refractivity contribution in [2.24, 2.45) is 0 Å². The molecule has 1 aromatic heterocycles. The molecule has 2 aromatic rings. The van der Waals surface area contributed by atoms with E-state index in [1.54, 1.807) is 36.6 Å². The Morgan fingerprint density at radius 2 is 2.27 bits per heavy atom. The molecule has 2 rings (SSSR count). The van der Waals surface area contributed by atoms with Crippen LogP contribution in [-0.4, -0.2) is 36.6 Å². The Morgan fingerprint density at radius 1 is 1.50 bits per heavy atom. The molecular formula is C16H21N3O2S. The van der Waals surface area contributed by atoms with Crippen molar-refractivity contribution in [1.82, 2.24) is 9.88 Å². The number of nitrogens with zero attached hydrogens (tertiary/aromatic N) is 2. The van der Waals surface area contributed by atoms with E-state index in [-0.39, 0.29) is 11.9 Å². The van der Waals surface area contributed by atoms with Crippen molar-refractivity contribution in [2.45, 2.75) is 19.8 Å². The lowest BCUT2D eigenvalue weighted by atomic mass is 10.2. The number of hydrogen-bond acceptors (Lipinski definition) is 4. The number of benzene rings is 1. The molecule has 5 nitrogen and oxygen atoms in total. The predicted molar refractivity (Wildman–Crippen MR) is 89.9 cm³/mol. The first-order valence-electron chi connectivity index (χ1n) is 7.07. The van der Waals surface area contributed by atoms with Gasteiger partial charge in [-0.15, -0.1) is 11.3 Å². The number of rotatable bonds is 5. The van der Waals surface area contributed by atoms with Gasteiger partial charge in [-0.3, -0.25) is 0 Å². The van der Waals surface area contributed by atoms with Crippen molar-refractivity contribution in [3.8, 4) is 5.75 Å². The molecule has 0 spiro atoms. The minimum absolute atomic E-state index is 0.132. The van der Waals surface area contributed by atoms with Gasteiger partial charge in [0.25, 0.3) is 0 Å². The first-order valence-corrected chi connectivity index (χ1v) is 7.95. The molecule has 0 aliphatic carbocycles. The zero-order chi connectivity index (χ0) is 16.1. The van der Waals surface area contributed by atoms with Gasteiger partial charge >= 0.3 is 6.03 Å². The number of amides is 2. The summed E-state index contributed by atoms with van der Waals surface area (Å²) in [5.41, 5.74) is 1.75. The van der Waals surface area contributed by atoms with E-state index in [2.05, 4.69) is 17.2 Å². The molecule has 0 saturated heterocycles. The fourth-order valence-electron chi connectivity index (χ4n) is 2.22. The Hall–Kier alpha value is -2.08. The number of anilines is 1. The van der Waals surface area contributed by atoms with Crippen LogP contribution in [0.3, 0.4) is 0 Å². The summed E-state index contributed by atoms with van der Waals surface area (Å²) in [7, 11) is 3.42. The smallest absolute Gasteiger partial charge is 0.321 e. The first kappa shape index (κ1) is 16.3. The number of carbonyl (C=O) groups is 1. The van der Waals surface area contributed by atoms with Crippen LogP contribution in [-0.2, 0) is 0 Å². The minimum atomic E-state index is -0.132. The highest BCUT2D eigenvalue weighted by Gasteiger charge is 2.15. The molecule has 1 N–H and O–H groups in total. The third-order valence-electron chi connectivity index (χ3n) is 3.41. The Morgan fingerprint density at radius 3 is 2.86 bits per heavy atom. The van der Waals surface area contributed by atoms with E-state index in [1.165, 1.54) is 0 Å². The summed E-state index contributed by atoms with van der Waals surface area (Å²) in [6.07, 6.45) is 1.79. The van der Waals surface area contributed by atoms with Crippen molar-refractivity contribution in [3.05, 3.63) is 40.3 Å². The summed E-state index contributed by atoms with van der Waals surface area (Å²) >= 11 is 1.61. The number of urea groups is 1. The fourth-order valence-corrected chi connectivity index (χ4v) is 2.91. The third kappa shape index (κ3) is 3.98. The molecule has 6 heteroatoms. The van der Waals surface area contributed by atoms with Crippen LogP contribution in [0.5, 0.6) is 5.75 Å². The van der Waals surface area contributed by atoms with Gasteiger partial charge in [-0.2, -0.15) is 0 Å². The molecule has 0 fully saturated rings. The number of methoxy groups -OCH3 is 1. The number of ether oxygens (including phenoxy) is 1. The van der Waals surface area contributed by atoms with Gasteiger partial charge in [0.1, 0.15) is 5.75 Å². The normalized spacial score (nSPS) is 11.8. The molecule has 0 aliphatic heterocycles. The SMILES string of the molecule is COc1ccc(NC(=O)N(C)CC(C)c2nccs2)cc1C. The maximum Gasteiger partial charge on any atom is 0.321 e. The van der Waals surface area contributed by atoms with Crippen LogP contribution in [0, 0.1) is 6.92 Å². The van der Waals surface area contributed by atoms with E-state index in [0.717, 1.165) is 22.0 Å². The lowest BCUT2D eigenvalue weighted by Crippen LogP contribution is -2.34. The standard InChI is InChI=1S/C16H21N3O2S/c1-11-9-13(5-6-14(11)21-4)18-16(20)19(3)10-12(2)15-17-7-8-22-15/h5-9,12H,10H2,1-4H3,(H,18,20). The van der Waals surface area contributed by atoms with Gasteiger partial charge in [-0.1, -0.05) is 6.92 Å². The van der Waals surface area contributed by atoms with Gasteiger partial charge < -0.3 is 15.0 Å². The summed E-state index contributed by atoms with van der Waals surface area (Å²) in [5.74, 6) is 1.03. The van der Waals surface area contributed by atoms with Crippen LogP contribution in [0.2, 0.25) is 0 Å². The molecule has 1 aromatic carbocycles. The maximum atomic E-state index is 12.2. The van der Waals surface area contributed by atoms with Gasteiger partial charge in [0.2, 0.25) is 0 Å². The van der Waals surface area contributed by atoms with E-state index in [1.807, 2.05) is 30.5 Å². The van der Waals surface area contributed by atoms with E-state index in [4.69, 9.17) is 4.74 Å². The molecule has 1 atom stereocenters. The Bertz CT molecular complexity index is 628. The van der Waals surface area contributed by atoms with Crippen molar-refractivity contribution in [2.75, 3.05) is 26.0 Å². The first-order chi connectivity index (χ1) is 10.5. The second-order valence-corrected chi connectivity index (χ2v) is 6.19. The van der Waals surface area contributed by atoms with Crippen LogP contribution < -0.4 is 10.1 Å². The third-order valence-corrected chi connectivity index (χ3v) is 4.42. The van der Waals surface area contributed by atoms with Gasteiger partial charge in [-0.25, -0.2) is 9.78 Å². The molecule has 118 valence electrons. The van der Waals surface area contributed by atoms with Crippen LogP contribution in [0.25, 0.3) is 0 Å². The summed E-state index contributed by atoms with van der Waals surface area (Å²) in [6, 6.07) is 5.45.